The molecular weight excluding hydrogens is 208 g/mol. The molecule has 0 aliphatic heterocycles. The van der Waals surface area contributed by atoms with E-state index in [2.05, 4.69) is 4.98 Å². The molecule has 1 atom stereocenters. The summed E-state index contributed by atoms with van der Waals surface area (Å²) in [7, 11) is 1.73. The van der Waals surface area contributed by atoms with Crippen molar-refractivity contribution in [3.8, 4) is 0 Å². The van der Waals surface area contributed by atoms with Crippen LogP contribution in [0.15, 0.2) is 12.3 Å². The molecule has 0 fully saturated rings. The molecule has 0 aromatic carbocycles. The lowest BCUT2D eigenvalue weighted by Gasteiger charge is -2.25. The number of carbonyl (C=O) groups is 1. The molecule has 0 saturated heterocycles. The molecule has 1 heterocycles. The number of pyridine rings is 1. The second-order valence-corrected chi connectivity index (χ2v) is 3.65. The maximum Gasteiger partial charge on any atom is 0.252 e. The number of hydrogen-bond acceptors (Lipinski definition) is 5. The van der Waals surface area contributed by atoms with Gasteiger partial charge in [0.1, 0.15) is 5.82 Å². The van der Waals surface area contributed by atoms with E-state index in [0.29, 0.717) is 11.5 Å². The molecule has 1 aromatic rings. The summed E-state index contributed by atoms with van der Waals surface area (Å²) in [5.74, 6) is -0.171. The number of nitrogens with zero attached hydrogens (tertiary/aromatic N) is 2. The van der Waals surface area contributed by atoms with Crippen molar-refractivity contribution in [2.75, 3.05) is 24.3 Å². The van der Waals surface area contributed by atoms with Gasteiger partial charge < -0.3 is 21.5 Å². The van der Waals surface area contributed by atoms with Crippen molar-refractivity contribution in [2.45, 2.75) is 13.0 Å². The zero-order valence-corrected chi connectivity index (χ0v) is 9.34. The first-order chi connectivity index (χ1) is 7.47. The fraction of sp³-hybridized carbons (Fsp3) is 0.400. The summed E-state index contributed by atoms with van der Waals surface area (Å²) < 4.78 is 0. The van der Waals surface area contributed by atoms with E-state index in [4.69, 9.17) is 16.6 Å². The average molecular weight is 224 g/mol. The van der Waals surface area contributed by atoms with Crippen LogP contribution >= 0.6 is 0 Å². The average Bonchev–Trinajstić information content (AvgIpc) is 2.26. The number of carbonyl (C=O) groups excluding carboxylic acids is 1. The second-order valence-electron chi connectivity index (χ2n) is 3.65. The van der Waals surface area contributed by atoms with Gasteiger partial charge in [-0.05, 0) is 13.0 Å². The summed E-state index contributed by atoms with van der Waals surface area (Å²) in [6.45, 7) is 1.77. The van der Waals surface area contributed by atoms with Crippen molar-refractivity contribution in [2.24, 2.45) is 5.73 Å². The summed E-state index contributed by atoms with van der Waals surface area (Å²) in [5, 5.41) is 9.04. The molecule has 0 aliphatic carbocycles. The number of aliphatic hydroxyl groups excluding tert-OH is 1. The van der Waals surface area contributed by atoms with Gasteiger partial charge in [-0.1, -0.05) is 0 Å². The largest absolute Gasteiger partial charge is 0.397 e. The number of nitrogens with two attached hydrogens (primary N) is 2. The summed E-state index contributed by atoms with van der Waals surface area (Å²) in [5.41, 5.74) is 11.4. The lowest BCUT2D eigenvalue weighted by molar-refractivity contribution is 0.100. The van der Waals surface area contributed by atoms with Crippen LogP contribution in [-0.2, 0) is 0 Å². The predicted octanol–water partition coefficient (Wildman–Crippen LogP) is -0.420. The lowest BCUT2D eigenvalue weighted by Crippen LogP contribution is -2.34. The number of hydrogen-bond donors (Lipinski definition) is 3. The number of nitrogen functional groups attached to an aromatic ring is 1. The molecule has 0 radical (unpaired) electrons. The van der Waals surface area contributed by atoms with Crippen LogP contribution in [0.2, 0.25) is 0 Å². The monoisotopic (exact) mass is 224 g/mol. The smallest absolute Gasteiger partial charge is 0.252 e. The molecule has 0 aliphatic rings. The number of anilines is 2. The predicted molar refractivity (Wildman–Crippen MR) is 62.1 cm³/mol. The highest BCUT2D eigenvalue weighted by atomic mass is 16.3. The molecule has 1 unspecified atom stereocenters. The Bertz CT molecular complexity index is 394. The van der Waals surface area contributed by atoms with E-state index in [9.17, 15) is 4.79 Å². The Labute approximate surface area is 93.9 Å². The molecule has 0 saturated carbocycles. The molecule has 1 amide bonds. The molecule has 6 heteroatoms. The first-order valence-corrected chi connectivity index (χ1v) is 4.86. The Hall–Kier alpha value is -1.82. The van der Waals surface area contributed by atoms with Crippen molar-refractivity contribution in [1.29, 1.82) is 0 Å². The van der Waals surface area contributed by atoms with Crippen LogP contribution < -0.4 is 16.4 Å². The van der Waals surface area contributed by atoms with Crippen LogP contribution in [-0.4, -0.2) is 35.7 Å². The van der Waals surface area contributed by atoms with Crippen LogP contribution in [0.5, 0.6) is 0 Å². The van der Waals surface area contributed by atoms with Crippen molar-refractivity contribution < 1.29 is 9.90 Å². The third-order valence-electron chi connectivity index (χ3n) is 2.41. The third-order valence-corrected chi connectivity index (χ3v) is 2.41. The van der Waals surface area contributed by atoms with Crippen molar-refractivity contribution in [3.05, 3.63) is 17.8 Å². The van der Waals surface area contributed by atoms with Crippen molar-refractivity contribution >= 4 is 17.4 Å². The number of rotatable bonds is 4. The zero-order chi connectivity index (χ0) is 12.3. The van der Waals surface area contributed by atoms with Crippen LogP contribution in [0, 0.1) is 0 Å². The van der Waals surface area contributed by atoms with Gasteiger partial charge in [-0.3, -0.25) is 4.79 Å². The standard InChI is InChI=1S/C10H16N4O2/c1-6(5-15)14(2)10-8(9(12)16)3-7(11)4-13-10/h3-4,6,15H,5,11H2,1-2H3,(H2,12,16). The van der Waals surface area contributed by atoms with Crippen LogP contribution in [0.4, 0.5) is 11.5 Å². The van der Waals surface area contributed by atoms with Gasteiger partial charge in [0.25, 0.3) is 5.91 Å². The van der Waals surface area contributed by atoms with Gasteiger partial charge in [0.2, 0.25) is 0 Å². The van der Waals surface area contributed by atoms with Crippen molar-refractivity contribution in [3.63, 3.8) is 0 Å². The summed E-state index contributed by atoms with van der Waals surface area (Å²) in [6.07, 6.45) is 1.45. The van der Waals surface area contributed by atoms with E-state index in [0.717, 1.165) is 0 Å². The molecule has 0 spiro atoms. The van der Waals surface area contributed by atoms with E-state index in [1.54, 1.807) is 11.9 Å². The number of amides is 1. The third kappa shape index (κ3) is 2.40. The minimum absolute atomic E-state index is 0.0409. The topological polar surface area (TPSA) is 105 Å². The molecule has 6 nitrogen and oxygen atoms in total. The quantitative estimate of drug-likeness (QED) is 0.644. The first-order valence-electron chi connectivity index (χ1n) is 4.86. The Morgan fingerprint density at radius 2 is 2.31 bits per heavy atom. The normalized spacial score (nSPS) is 12.2. The van der Waals surface area contributed by atoms with Gasteiger partial charge in [0.15, 0.2) is 0 Å². The van der Waals surface area contributed by atoms with Gasteiger partial charge in [0.05, 0.1) is 30.1 Å². The molecule has 88 valence electrons. The number of likely N-dealkylation sites (N-methyl/N-ethyl adjacent to an activating group) is 1. The van der Waals surface area contributed by atoms with Crippen LogP contribution in [0.25, 0.3) is 0 Å². The van der Waals surface area contributed by atoms with E-state index < -0.39 is 5.91 Å². The van der Waals surface area contributed by atoms with E-state index >= 15 is 0 Å². The van der Waals surface area contributed by atoms with Gasteiger partial charge in [-0.15, -0.1) is 0 Å². The highest BCUT2D eigenvalue weighted by Gasteiger charge is 2.17. The first kappa shape index (κ1) is 12.3. The van der Waals surface area contributed by atoms with Crippen LogP contribution in [0.1, 0.15) is 17.3 Å². The van der Waals surface area contributed by atoms with Crippen LogP contribution in [0.3, 0.4) is 0 Å². The molecule has 1 aromatic heterocycles. The number of aromatic nitrogens is 1. The second kappa shape index (κ2) is 4.80. The Morgan fingerprint density at radius 3 is 2.81 bits per heavy atom. The maximum absolute atomic E-state index is 11.2. The van der Waals surface area contributed by atoms with E-state index in [-0.39, 0.29) is 18.2 Å². The molecule has 5 N–H and O–H groups in total. The molecular formula is C10H16N4O2. The SMILES string of the molecule is CC(CO)N(C)c1ncc(N)cc1C(N)=O. The molecule has 16 heavy (non-hydrogen) atoms. The number of primary amides is 1. The summed E-state index contributed by atoms with van der Waals surface area (Å²) >= 11 is 0. The highest BCUT2D eigenvalue weighted by Crippen LogP contribution is 2.19. The Balaban J connectivity index is 3.17. The van der Waals surface area contributed by atoms with Gasteiger partial charge in [-0.2, -0.15) is 0 Å². The summed E-state index contributed by atoms with van der Waals surface area (Å²) in [4.78, 5) is 17.0. The summed E-state index contributed by atoms with van der Waals surface area (Å²) in [6, 6.07) is 1.32. The Morgan fingerprint density at radius 1 is 1.69 bits per heavy atom. The molecule has 0 bridgehead atoms. The van der Waals surface area contributed by atoms with Gasteiger partial charge in [-0.25, -0.2) is 4.98 Å². The highest BCUT2D eigenvalue weighted by molar-refractivity contribution is 5.98. The van der Waals surface area contributed by atoms with Gasteiger partial charge >= 0.3 is 0 Å². The maximum atomic E-state index is 11.2. The fourth-order valence-electron chi connectivity index (χ4n) is 1.27. The zero-order valence-electron chi connectivity index (χ0n) is 9.34. The van der Waals surface area contributed by atoms with Crippen molar-refractivity contribution in [1.82, 2.24) is 4.98 Å². The van der Waals surface area contributed by atoms with Gasteiger partial charge in [0, 0.05) is 7.05 Å². The minimum Gasteiger partial charge on any atom is -0.397 e. The number of aliphatic hydroxyl groups is 1. The minimum atomic E-state index is -0.591. The fourth-order valence-corrected chi connectivity index (χ4v) is 1.27. The van der Waals surface area contributed by atoms with E-state index in [1.165, 1.54) is 12.3 Å². The van der Waals surface area contributed by atoms with E-state index in [1.807, 2.05) is 6.92 Å². The lowest BCUT2D eigenvalue weighted by atomic mass is 10.2. The Kier molecular flexibility index (Phi) is 3.68. The molecule has 1 rings (SSSR count).